The predicted molar refractivity (Wildman–Crippen MR) is 120 cm³/mol. The van der Waals surface area contributed by atoms with Crippen LogP contribution < -0.4 is 5.73 Å². The number of hydrogen-bond donors (Lipinski definition) is 1. The summed E-state index contributed by atoms with van der Waals surface area (Å²) in [6, 6.07) is 11.0. The number of pyridine rings is 1. The number of amides is 1. The number of alkyl halides is 2. The summed E-state index contributed by atoms with van der Waals surface area (Å²) in [6.45, 7) is 0.898. The van der Waals surface area contributed by atoms with Gasteiger partial charge in [-0.2, -0.15) is 4.39 Å². The Hall–Kier alpha value is -3.95. The van der Waals surface area contributed by atoms with Crippen LogP contribution in [0.3, 0.4) is 0 Å². The first kappa shape index (κ1) is 23.2. The molecule has 0 spiro atoms. The van der Waals surface area contributed by atoms with Gasteiger partial charge in [0.1, 0.15) is 0 Å². The molecule has 0 saturated carbocycles. The molecule has 0 radical (unpaired) electrons. The second-order valence-electron chi connectivity index (χ2n) is 7.90. The molecule has 0 bridgehead atoms. The molecular weight excluding hydrogens is 447 g/mol. The van der Waals surface area contributed by atoms with E-state index >= 15 is 0 Å². The van der Waals surface area contributed by atoms with Gasteiger partial charge >= 0.3 is 0 Å². The number of nitrogens with two attached hydrogens (primary N) is 1. The van der Waals surface area contributed by atoms with Crippen LogP contribution in [-0.4, -0.2) is 45.6 Å². The molecule has 2 aromatic heterocycles. The van der Waals surface area contributed by atoms with E-state index in [0.717, 1.165) is 9.47 Å². The molecule has 1 aromatic carbocycles. The summed E-state index contributed by atoms with van der Waals surface area (Å²) < 4.78 is 42.0. The third-order valence-electron chi connectivity index (χ3n) is 5.85. The standard InChI is InChI=1S/C24H22F3N5O2/c1-3-19(33)18-11-16(12-32(18)13-20(25)26)24(22(34)31(2)23(28)30-24)15-7-4-6-14(10-15)17-8-5-9-29-21(17)27/h4-12,20H,3,13H2,1-2H3,(H2,28,30). The summed E-state index contributed by atoms with van der Waals surface area (Å²) in [5.41, 5.74) is 5.52. The number of halogens is 3. The first-order chi connectivity index (χ1) is 16.2. The van der Waals surface area contributed by atoms with E-state index < -0.39 is 30.4 Å². The van der Waals surface area contributed by atoms with E-state index in [4.69, 9.17) is 5.73 Å². The fraction of sp³-hybridized carbons (Fsp3) is 0.250. The summed E-state index contributed by atoms with van der Waals surface area (Å²) in [5.74, 6) is -1.65. The third kappa shape index (κ3) is 3.74. The lowest BCUT2D eigenvalue weighted by Gasteiger charge is -2.25. The summed E-state index contributed by atoms with van der Waals surface area (Å²) in [6.07, 6.45) is 0.0319. The zero-order valence-corrected chi connectivity index (χ0v) is 18.5. The number of aromatic nitrogens is 2. The second kappa shape index (κ2) is 8.77. The first-order valence-corrected chi connectivity index (χ1v) is 10.6. The Labute approximate surface area is 193 Å². The lowest BCUT2D eigenvalue weighted by Crippen LogP contribution is -2.41. The van der Waals surface area contributed by atoms with Crippen LogP contribution >= 0.6 is 0 Å². The van der Waals surface area contributed by atoms with Crippen LogP contribution in [0.5, 0.6) is 0 Å². The van der Waals surface area contributed by atoms with Gasteiger partial charge in [-0.25, -0.2) is 18.8 Å². The molecule has 1 amide bonds. The molecule has 0 saturated heterocycles. The molecule has 4 rings (SSSR count). The average molecular weight is 469 g/mol. The van der Waals surface area contributed by atoms with Crippen LogP contribution in [0.4, 0.5) is 13.2 Å². The van der Waals surface area contributed by atoms with Crippen molar-refractivity contribution in [2.75, 3.05) is 7.05 Å². The topological polar surface area (TPSA) is 93.6 Å². The highest BCUT2D eigenvalue weighted by molar-refractivity contribution is 6.09. The van der Waals surface area contributed by atoms with E-state index in [1.165, 1.54) is 25.5 Å². The summed E-state index contributed by atoms with van der Waals surface area (Å²) >= 11 is 0. The Morgan fingerprint density at radius 3 is 2.56 bits per heavy atom. The Bertz CT molecular complexity index is 1300. The number of carbonyl (C=O) groups is 2. The molecule has 1 atom stereocenters. The highest BCUT2D eigenvalue weighted by Gasteiger charge is 2.50. The fourth-order valence-electron chi connectivity index (χ4n) is 4.12. The van der Waals surface area contributed by atoms with Gasteiger partial charge in [-0.3, -0.25) is 14.5 Å². The normalized spacial score (nSPS) is 18.0. The van der Waals surface area contributed by atoms with Crippen LogP contribution in [0.1, 0.15) is 35.0 Å². The Morgan fingerprint density at radius 2 is 1.94 bits per heavy atom. The van der Waals surface area contributed by atoms with Crippen molar-refractivity contribution in [2.45, 2.75) is 31.9 Å². The molecule has 176 valence electrons. The predicted octanol–water partition coefficient (Wildman–Crippen LogP) is 3.58. The van der Waals surface area contributed by atoms with Gasteiger partial charge in [0.25, 0.3) is 12.3 Å². The van der Waals surface area contributed by atoms with E-state index in [2.05, 4.69) is 9.98 Å². The Morgan fingerprint density at radius 1 is 1.18 bits per heavy atom. The minimum absolute atomic E-state index is 0.0442. The molecule has 34 heavy (non-hydrogen) atoms. The Kier molecular flexibility index (Phi) is 5.99. The van der Waals surface area contributed by atoms with Crippen molar-refractivity contribution in [3.8, 4) is 11.1 Å². The van der Waals surface area contributed by atoms with Crippen molar-refractivity contribution < 1.29 is 22.8 Å². The smallest absolute Gasteiger partial charge is 0.266 e. The first-order valence-electron chi connectivity index (χ1n) is 10.6. The van der Waals surface area contributed by atoms with E-state index in [1.54, 1.807) is 43.3 Å². The molecule has 0 fully saturated rings. The van der Waals surface area contributed by atoms with E-state index in [1.807, 2.05) is 0 Å². The van der Waals surface area contributed by atoms with Gasteiger partial charge in [-0.15, -0.1) is 0 Å². The molecule has 1 aliphatic heterocycles. The fourth-order valence-corrected chi connectivity index (χ4v) is 4.12. The van der Waals surface area contributed by atoms with Crippen molar-refractivity contribution in [3.63, 3.8) is 0 Å². The Balaban J connectivity index is 1.96. The molecule has 2 N–H and O–H groups in total. The zero-order valence-electron chi connectivity index (χ0n) is 18.5. The number of aliphatic imine (C=N–C) groups is 1. The summed E-state index contributed by atoms with van der Waals surface area (Å²) in [7, 11) is 1.45. The van der Waals surface area contributed by atoms with Crippen LogP contribution in [0.2, 0.25) is 0 Å². The SMILES string of the molecule is CCC(=O)c1cc(C2(c3cccc(-c4cccnc4F)c3)N=C(N)N(C)C2=O)cn1CC(F)F. The van der Waals surface area contributed by atoms with Crippen molar-refractivity contribution in [1.82, 2.24) is 14.5 Å². The van der Waals surface area contributed by atoms with Crippen LogP contribution in [0.25, 0.3) is 11.1 Å². The van der Waals surface area contributed by atoms with E-state index in [9.17, 15) is 22.8 Å². The maximum absolute atomic E-state index is 14.4. The number of hydrogen-bond acceptors (Lipinski definition) is 5. The molecule has 1 unspecified atom stereocenters. The number of carbonyl (C=O) groups excluding carboxylic acids is 2. The largest absolute Gasteiger partial charge is 0.369 e. The highest BCUT2D eigenvalue weighted by atomic mass is 19.3. The van der Waals surface area contributed by atoms with Gasteiger partial charge in [0.15, 0.2) is 17.3 Å². The van der Waals surface area contributed by atoms with E-state index in [0.29, 0.717) is 11.1 Å². The van der Waals surface area contributed by atoms with Crippen molar-refractivity contribution in [2.24, 2.45) is 10.7 Å². The lowest BCUT2D eigenvalue weighted by atomic mass is 9.83. The molecule has 3 heterocycles. The monoisotopic (exact) mass is 469 g/mol. The molecule has 7 nitrogen and oxygen atoms in total. The van der Waals surface area contributed by atoms with Gasteiger partial charge in [0, 0.05) is 37.0 Å². The highest BCUT2D eigenvalue weighted by Crippen LogP contribution is 2.41. The molecule has 3 aromatic rings. The summed E-state index contributed by atoms with van der Waals surface area (Å²) in [5, 5.41) is 0. The van der Waals surface area contributed by atoms with Crippen molar-refractivity contribution in [3.05, 3.63) is 77.6 Å². The zero-order chi connectivity index (χ0) is 24.6. The number of rotatable bonds is 7. The van der Waals surface area contributed by atoms with Crippen LogP contribution in [0.15, 0.2) is 59.9 Å². The number of ketones is 1. The number of benzene rings is 1. The lowest BCUT2D eigenvalue weighted by molar-refractivity contribution is -0.129. The summed E-state index contributed by atoms with van der Waals surface area (Å²) in [4.78, 5) is 35.3. The third-order valence-corrected chi connectivity index (χ3v) is 5.85. The molecule has 0 aliphatic carbocycles. The number of Topliss-reactive ketones (excluding diaryl/α,β-unsaturated/α-hetero) is 1. The maximum Gasteiger partial charge on any atom is 0.266 e. The van der Waals surface area contributed by atoms with Gasteiger partial charge in [0.2, 0.25) is 5.95 Å². The minimum Gasteiger partial charge on any atom is -0.369 e. The molecule has 10 heteroatoms. The van der Waals surface area contributed by atoms with Gasteiger partial charge in [0.05, 0.1) is 12.2 Å². The quantitative estimate of drug-likeness (QED) is 0.423. The number of nitrogens with zero attached hydrogens (tertiary/aromatic N) is 4. The second-order valence-corrected chi connectivity index (χ2v) is 7.90. The number of likely N-dealkylation sites (N-methyl/N-ethyl adjacent to an activating group) is 1. The number of guanidine groups is 1. The van der Waals surface area contributed by atoms with Gasteiger partial charge < -0.3 is 10.3 Å². The van der Waals surface area contributed by atoms with Gasteiger partial charge in [-0.05, 0) is 35.4 Å². The van der Waals surface area contributed by atoms with Crippen molar-refractivity contribution >= 4 is 17.6 Å². The van der Waals surface area contributed by atoms with Crippen LogP contribution in [-0.2, 0) is 16.9 Å². The molecular formula is C24H22F3N5O2. The maximum atomic E-state index is 14.4. The van der Waals surface area contributed by atoms with Crippen LogP contribution in [0, 0.1) is 5.95 Å². The molecule has 1 aliphatic rings. The van der Waals surface area contributed by atoms with E-state index in [-0.39, 0.29) is 35.0 Å². The average Bonchev–Trinajstić information content (AvgIpc) is 3.33. The van der Waals surface area contributed by atoms with Crippen molar-refractivity contribution in [1.29, 1.82) is 0 Å². The van der Waals surface area contributed by atoms with Gasteiger partial charge in [-0.1, -0.05) is 25.1 Å². The minimum atomic E-state index is -2.72.